The van der Waals surface area contributed by atoms with E-state index in [0.29, 0.717) is 28.3 Å². The van der Waals surface area contributed by atoms with Crippen LogP contribution in [0.25, 0.3) is 0 Å². The van der Waals surface area contributed by atoms with Gasteiger partial charge in [-0.1, -0.05) is 66.9 Å². The Balaban J connectivity index is 2.41. The Morgan fingerprint density at radius 3 is 2.00 bits per heavy atom. The number of alkyl halides is 1. The normalized spacial score (nSPS) is 11.5. The number of halogens is 3. The predicted molar refractivity (Wildman–Crippen MR) is 96.0 cm³/mol. The van der Waals surface area contributed by atoms with Crippen molar-refractivity contribution in [1.82, 2.24) is 0 Å². The summed E-state index contributed by atoms with van der Waals surface area (Å²) in [5.74, 6) is 0.885. The van der Waals surface area contributed by atoms with Crippen molar-refractivity contribution in [2.45, 2.75) is 26.2 Å². The molecule has 1 nitrogen and oxygen atoms in total. The number of hydrogen-bond donors (Lipinski definition) is 0. The fourth-order valence-electron chi connectivity index (χ4n) is 2.34. The van der Waals surface area contributed by atoms with Gasteiger partial charge in [0.1, 0.15) is 6.61 Å². The molecule has 0 spiro atoms. The maximum absolute atomic E-state index is 6.34. The summed E-state index contributed by atoms with van der Waals surface area (Å²) in [6.07, 6.45) is 0. The first-order valence-corrected chi connectivity index (χ1v) is 8.40. The molecule has 2 aromatic rings. The third-order valence-electron chi connectivity index (χ3n) is 3.82. The van der Waals surface area contributed by atoms with Crippen LogP contribution in [0.5, 0.6) is 5.75 Å². The lowest BCUT2D eigenvalue weighted by atomic mass is 9.78. The second kappa shape index (κ2) is 7.12. The highest BCUT2D eigenvalue weighted by atomic mass is 35.5. The van der Waals surface area contributed by atoms with Gasteiger partial charge in [-0.25, -0.2) is 0 Å². The van der Waals surface area contributed by atoms with Gasteiger partial charge in [0.05, 0.1) is 15.9 Å². The molecule has 0 unspecified atom stereocenters. The van der Waals surface area contributed by atoms with Crippen LogP contribution in [0.3, 0.4) is 0 Å². The van der Waals surface area contributed by atoms with Crippen LogP contribution in [0.4, 0.5) is 0 Å². The van der Waals surface area contributed by atoms with Crippen molar-refractivity contribution in [2.75, 3.05) is 12.5 Å². The fourth-order valence-corrected chi connectivity index (χ4v) is 3.01. The van der Waals surface area contributed by atoms with Crippen LogP contribution in [0.15, 0.2) is 36.4 Å². The molecule has 2 rings (SSSR count). The number of rotatable bonds is 5. The van der Waals surface area contributed by atoms with Crippen molar-refractivity contribution < 1.29 is 4.74 Å². The Bertz CT molecular complexity index is 625. The maximum atomic E-state index is 6.34. The van der Waals surface area contributed by atoms with Crippen molar-refractivity contribution in [2.24, 2.45) is 0 Å². The summed E-state index contributed by atoms with van der Waals surface area (Å²) in [4.78, 5) is 0. The number of benzene rings is 2. The van der Waals surface area contributed by atoms with Gasteiger partial charge in [-0.3, -0.25) is 0 Å². The molecule has 0 atom stereocenters. The molecule has 0 aliphatic carbocycles. The van der Waals surface area contributed by atoms with Gasteiger partial charge in [0, 0.05) is 5.41 Å². The Morgan fingerprint density at radius 2 is 1.50 bits per heavy atom. The second-order valence-electron chi connectivity index (χ2n) is 5.80. The van der Waals surface area contributed by atoms with Gasteiger partial charge in [0.2, 0.25) is 0 Å². The molecule has 0 N–H and O–H groups in total. The summed E-state index contributed by atoms with van der Waals surface area (Å²) in [5, 5.41) is 1.01. The van der Waals surface area contributed by atoms with E-state index in [1.54, 1.807) is 0 Å². The zero-order valence-corrected chi connectivity index (χ0v) is 15.2. The van der Waals surface area contributed by atoms with Gasteiger partial charge in [-0.15, -0.1) is 11.6 Å². The highest BCUT2D eigenvalue weighted by Gasteiger charge is 2.25. The standard InChI is InChI=1S/C18H19Cl3O/c1-12-4-6-13(7-5-12)18(2,3)14-10-15(20)17(16(21)11-14)22-9-8-19/h4-7,10-11H,8-9H2,1-3H3. The van der Waals surface area contributed by atoms with E-state index in [1.165, 1.54) is 11.1 Å². The zero-order valence-electron chi connectivity index (χ0n) is 12.9. The molecular weight excluding hydrogens is 339 g/mol. The molecule has 2 aromatic carbocycles. The van der Waals surface area contributed by atoms with E-state index in [9.17, 15) is 0 Å². The first-order chi connectivity index (χ1) is 10.4. The minimum absolute atomic E-state index is 0.202. The molecule has 0 aromatic heterocycles. The minimum atomic E-state index is -0.202. The second-order valence-corrected chi connectivity index (χ2v) is 6.99. The third-order valence-corrected chi connectivity index (χ3v) is 4.53. The Labute approximate surface area is 147 Å². The largest absolute Gasteiger partial charge is 0.489 e. The van der Waals surface area contributed by atoms with Crippen molar-refractivity contribution in [3.8, 4) is 5.75 Å². The van der Waals surface area contributed by atoms with Gasteiger partial charge in [-0.05, 0) is 30.2 Å². The van der Waals surface area contributed by atoms with E-state index >= 15 is 0 Å². The maximum Gasteiger partial charge on any atom is 0.156 e. The van der Waals surface area contributed by atoms with E-state index in [-0.39, 0.29) is 5.41 Å². The highest BCUT2D eigenvalue weighted by Crippen LogP contribution is 2.40. The van der Waals surface area contributed by atoms with E-state index in [0.717, 1.165) is 5.56 Å². The molecule has 0 aliphatic heterocycles. The van der Waals surface area contributed by atoms with E-state index in [4.69, 9.17) is 39.5 Å². The summed E-state index contributed by atoms with van der Waals surface area (Å²) in [7, 11) is 0. The number of hydrogen-bond acceptors (Lipinski definition) is 1. The first-order valence-electron chi connectivity index (χ1n) is 7.11. The first kappa shape index (κ1) is 17.5. The molecule has 0 radical (unpaired) electrons. The van der Waals surface area contributed by atoms with Crippen molar-refractivity contribution >= 4 is 34.8 Å². The van der Waals surface area contributed by atoms with Crippen molar-refractivity contribution in [1.29, 1.82) is 0 Å². The molecule has 0 aliphatic rings. The predicted octanol–water partition coefficient (Wildman–Crippen LogP) is 6.25. The average Bonchev–Trinajstić information content (AvgIpc) is 2.46. The Kier molecular flexibility index (Phi) is 5.65. The Hall–Kier alpha value is -0.890. The summed E-state index contributed by atoms with van der Waals surface area (Å²) in [6, 6.07) is 12.3. The number of ether oxygens (including phenoxy) is 1. The SMILES string of the molecule is Cc1ccc(C(C)(C)c2cc(Cl)c(OCCCl)c(Cl)c2)cc1. The van der Waals surface area contributed by atoms with Crippen molar-refractivity contribution in [3.63, 3.8) is 0 Å². The lowest BCUT2D eigenvalue weighted by molar-refractivity contribution is 0.343. The molecular formula is C18H19Cl3O. The van der Waals surface area contributed by atoms with Gasteiger partial charge >= 0.3 is 0 Å². The highest BCUT2D eigenvalue weighted by molar-refractivity contribution is 6.37. The monoisotopic (exact) mass is 356 g/mol. The van der Waals surface area contributed by atoms with Crippen LogP contribution in [0.1, 0.15) is 30.5 Å². The molecule has 0 bridgehead atoms. The van der Waals surface area contributed by atoms with Crippen LogP contribution < -0.4 is 4.74 Å². The van der Waals surface area contributed by atoms with Gasteiger partial charge < -0.3 is 4.74 Å². The van der Waals surface area contributed by atoms with Crippen LogP contribution in [0.2, 0.25) is 10.0 Å². The lowest BCUT2D eigenvalue weighted by Crippen LogP contribution is -2.19. The van der Waals surface area contributed by atoms with E-state index in [1.807, 2.05) is 12.1 Å². The summed E-state index contributed by atoms with van der Waals surface area (Å²) in [5.41, 5.74) is 3.29. The van der Waals surface area contributed by atoms with Crippen LogP contribution >= 0.6 is 34.8 Å². The molecule has 0 saturated heterocycles. The molecule has 22 heavy (non-hydrogen) atoms. The quantitative estimate of drug-likeness (QED) is 0.575. The molecule has 0 saturated carbocycles. The smallest absolute Gasteiger partial charge is 0.156 e. The topological polar surface area (TPSA) is 9.23 Å². The zero-order chi connectivity index (χ0) is 16.3. The average molecular weight is 358 g/mol. The molecule has 0 heterocycles. The molecule has 118 valence electrons. The minimum Gasteiger partial charge on any atom is -0.489 e. The van der Waals surface area contributed by atoms with Crippen LogP contribution in [0, 0.1) is 6.92 Å². The van der Waals surface area contributed by atoms with Gasteiger partial charge in [-0.2, -0.15) is 0 Å². The van der Waals surface area contributed by atoms with Crippen LogP contribution in [-0.4, -0.2) is 12.5 Å². The third kappa shape index (κ3) is 3.71. The molecule has 0 amide bonds. The number of aryl methyl sites for hydroxylation is 1. The van der Waals surface area contributed by atoms with Gasteiger partial charge in [0.25, 0.3) is 0 Å². The molecule has 0 fully saturated rings. The Morgan fingerprint density at radius 1 is 0.955 bits per heavy atom. The summed E-state index contributed by atoms with van der Waals surface area (Å²) in [6.45, 7) is 6.76. The summed E-state index contributed by atoms with van der Waals surface area (Å²) >= 11 is 18.3. The fraction of sp³-hybridized carbons (Fsp3) is 0.333. The lowest BCUT2D eigenvalue weighted by Gasteiger charge is -2.27. The van der Waals surface area contributed by atoms with Crippen molar-refractivity contribution in [3.05, 3.63) is 63.1 Å². The molecule has 4 heteroatoms. The van der Waals surface area contributed by atoms with Crippen LogP contribution in [-0.2, 0) is 5.41 Å². The summed E-state index contributed by atoms with van der Waals surface area (Å²) < 4.78 is 5.51. The van der Waals surface area contributed by atoms with E-state index in [2.05, 4.69) is 45.0 Å². The van der Waals surface area contributed by atoms with E-state index < -0.39 is 0 Å². The van der Waals surface area contributed by atoms with Gasteiger partial charge in [0.15, 0.2) is 5.75 Å².